The Morgan fingerprint density at radius 2 is 1.81 bits per heavy atom. The summed E-state index contributed by atoms with van der Waals surface area (Å²) >= 11 is 1.53. The topological polar surface area (TPSA) is 57.6 Å². The van der Waals surface area contributed by atoms with Crippen LogP contribution in [0.1, 0.15) is 26.3 Å². The Hall–Kier alpha value is -1.49. The molecule has 0 unspecified atom stereocenters. The number of hydrogen-bond donors (Lipinski definition) is 1. The number of carboxylic acids is 1. The molecule has 1 N–H and O–H groups in total. The summed E-state index contributed by atoms with van der Waals surface area (Å²) in [6.45, 7) is 6.31. The minimum Gasteiger partial charge on any atom is -0.480 e. The number of carboxylic acid groups (broad SMARTS) is 1. The molecule has 1 aromatic carbocycles. The molecule has 1 rings (SSSR count). The smallest absolute Gasteiger partial charge is 0.323 e. The van der Waals surface area contributed by atoms with E-state index in [0.717, 1.165) is 5.56 Å². The van der Waals surface area contributed by atoms with Gasteiger partial charge < -0.3 is 10.0 Å². The van der Waals surface area contributed by atoms with Gasteiger partial charge in [0.2, 0.25) is 5.91 Å². The van der Waals surface area contributed by atoms with Gasteiger partial charge in [-0.25, -0.2) is 0 Å². The first-order valence-corrected chi connectivity index (χ1v) is 7.94. The lowest BCUT2D eigenvalue weighted by Crippen LogP contribution is -2.38. The number of rotatable bonds is 7. The molecule has 0 saturated carbocycles. The first-order chi connectivity index (χ1) is 9.78. The Morgan fingerprint density at radius 1 is 1.19 bits per heavy atom. The molecule has 0 radical (unpaired) electrons. The van der Waals surface area contributed by atoms with E-state index in [9.17, 15) is 9.59 Å². The number of hydrogen-bond acceptors (Lipinski definition) is 3. The molecule has 0 aliphatic carbocycles. The van der Waals surface area contributed by atoms with Crippen LogP contribution in [0.3, 0.4) is 0 Å². The third-order valence-electron chi connectivity index (χ3n) is 2.82. The standard InChI is InChI=1S/C16H23NO3S/c1-16(2,3)21-12-14(18)17(11-15(19)20)10-9-13-7-5-4-6-8-13/h4-8H,9-12H2,1-3H3,(H,19,20). The van der Waals surface area contributed by atoms with Crippen molar-refractivity contribution in [3.8, 4) is 0 Å². The first-order valence-electron chi connectivity index (χ1n) is 6.95. The van der Waals surface area contributed by atoms with Crippen LogP contribution in [-0.4, -0.2) is 45.5 Å². The van der Waals surface area contributed by atoms with Crippen LogP contribution in [0.15, 0.2) is 30.3 Å². The van der Waals surface area contributed by atoms with E-state index in [1.54, 1.807) is 0 Å². The van der Waals surface area contributed by atoms with E-state index >= 15 is 0 Å². The number of nitrogens with zero attached hydrogens (tertiary/aromatic N) is 1. The van der Waals surface area contributed by atoms with E-state index in [1.807, 2.05) is 51.1 Å². The summed E-state index contributed by atoms with van der Waals surface area (Å²) in [5.41, 5.74) is 1.10. The first kappa shape index (κ1) is 17.6. The van der Waals surface area contributed by atoms with Crippen LogP contribution in [0.5, 0.6) is 0 Å². The van der Waals surface area contributed by atoms with Crippen molar-refractivity contribution in [2.24, 2.45) is 0 Å². The summed E-state index contributed by atoms with van der Waals surface area (Å²) in [4.78, 5) is 24.5. The zero-order valence-corrected chi connectivity index (χ0v) is 13.7. The predicted molar refractivity (Wildman–Crippen MR) is 86.6 cm³/mol. The van der Waals surface area contributed by atoms with Crippen LogP contribution in [0, 0.1) is 0 Å². The molecule has 0 aromatic heterocycles. The maximum atomic E-state index is 12.2. The lowest BCUT2D eigenvalue weighted by atomic mass is 10.1. The second kappa shape index (κ2) is 8.08. The molecular formula is C16H23NO3S. The SMILES string of the molecule is CC(C)(C)SCC(=O)N(CCc1ccccc1)CC(=O)O. The van der Waals surface area contributed by atoms with Gasteiger partial charge in [0.25, 0.3) is 0 Å². The highest BCUT2D eigenvalue weighted by Crippen LogP contribution is 2.23. The molecule has 0 bridgehead atoms. The van der Waals surface area contributed by atoms with Gasteiger partial charge in [0.1, 0.15) is 6.54 Å². The van der Waals surface area contributed by atoms with Gasteiger partial charge in [-0.15, -0.1) is 11.8 Å². The Balaban J connectivity index is 2.58. The summed E-state index contributed by atoms with van der Waals surface area (Å²) in [6.07, 6.45) is 0.667. The van der Waals surface area contributed by atoms with Crippen molar-refractivity contribution in [1.82, 2.24) is 4.90 Å². The number of benzene rings is 1. The zero-order valence-electron chi connectivity index (χ0n) is 12.8. The highest BCUT2D eigenvalue weighted by Gasteiger charge is 2.20. The van der Waals surface area contributed by atoms with Crippen LogP contribution < -0.4 is 0 Å². The molecule has 5 heteroatoms. The molecule has 0 fully saturated rings. The summed E-state index contributed by atoms with van der Waals surface area (Å²) in [7, 11) is 0. The lowest BCUT2D eigenvalue weighted by Gasteiger charge is -2.23. The molecule has 0 atom stereocenters. The van der Waals surface area contributed by atoms with Crippen molar-refractivity contribution < 1.29 is 14.7 Å². The summed E-state index contributed by atoms with van der Waals surface area (Å²) in [5.74, 6) is -0.781. The molecule has 0 saturated heterocycles. The van der Waals surface area contributed by atoms with E-state index in [1.165, 1.54) is 16.7 Å². The molecule has 21 heavy (non-hydrogen) atoms. The monoisotopic (exact) mass is 309 g/mol. The van der Waals surface area contributed by atoms with Crippen molar-refractivity contribution in [2.45, 2.75) is 31.9 Å². The molecule has 4 nitrogen and oxygen atoms in total. The molecular weight excluding hydrogens is 286 g/mol. The number of carbonyl (C=O) groups is 2. The van der Waals surface area contributed by atoms with E-state index in [4.69, 9.17) is 5.11 Å². The number of carbonyl (C=O) groups excluding carboxylic acids is 1. The maximum Gasteiger partial charge on any atom is 0.323 e. The summed E-state index contributed by atoms with van der Waals surface area (Å²) < 4.78 is -0.00994. The third kappa shape index (κ3) is 7.75. The van der Waals surface area contributed by atoms with E-state index < -0.39 is 5.97 Å². The highest BCUT2D eigenvalue weighted by atomic mass is 32.2. The van der Waals surface area contributed by atoms with Crippen molar-refractivity contribution in [1.29, 1.82) is 0 Å². The van der Waals surface area contributed by atoms with Crippen LogP contribution >= 0.6 is 11.8 Å². The molecule has 1 aromatic rings. The molecule has 0 aliphatic rings. The van der Waals surface area contributed by atoms with Gasteiger partial charge in [-0.05, 0) is 12.0 Å². The van der Waals surface area contributed by atoms with Crippen molar-refractivity contribution in [3.05, 3.63) is 35.9 Å². The average molecular weight is 309 g/mol. The Bertz CT molecular complexity index is 468. The fraction of sp³-hybridized carbons (Fsp3) is 0.500. The van der Waals surface area contributed by atoms with Gasteiger partial charge in [-0.1, -0.05) is 51.1 Å². The van der Waals surface area contributed by atoms with Crippen molar-refractivity contribution >= 4 is 23.6 Å². The molecule has 0 spiro atoms. The molecule has 0 heterocycles. The van der Waals surface area contributed by atoms with Crippen LogP contribution in [-0.2, 0) is 16.0 Å². The fourth-order valence-electron chi connectivity index (χ4n) is 1.73. The second-order valence-corrected chi connectivity index (χ2v) is 7.65. The number of aliphatic carboxylic acids is 1. The summed E-state index contributed by atoms with van der Waals surface area (Å²) in [5, 5.41) is 8.96. The van der Waals surface area contributed by atoms with Crippen LogP contribution in [0.4, 0.5) is 0 Å². The minimum atomic E-state index is -0.975. The average Bonchev–Trinajstić information content (AvgIpc) is 2.40. The molecule has 116 valence electrons. The largest absolute Gasteiger partial charge is 0.480 e. The molecule has 0 aliphatic heterocycles. The maximum absolute atomic E-state index is 12.2. The van der Waals surface area contributed by atoms with Gasteiger partial charge in [0.15, 0.2) is 0 Å². The predicted octanol–water partition coefficient (Wildman–Crippen LogP) is 2.67. The van der Waals surface area contributed by atoms with E-state index in [0.29, 0.717) is 18.7 Å². The Labute approximate surface area is 130 Å². The zero-order chi connectivity index (χ0) is 15.9. The third-order valence-corrected chi connectivity index (χ3v) is 4.08. The minimum absolute atomic E-state index is 0.00994. The highest BCUT2D eigenvalue weighted by molar-refractivity contribution is 8.01. The van der Waals surface area contributed by atoms with Crippen LogP contribution in [0.2, 0.25) is 0 Å². The number of amides is 1. The Kier molecular flexibility index (Phi) is 6.75. The lowest BCUT2D eigenvalue weighted by molar-refractivity contribution is -0.143. The van der Waals surface area contributed by atoms with Gasteiger partial charge in [-0.2, -0.15) is 0 Å². The van der Waals surface area contributed by atoms with E-state index in [-0.39, 0.29) is 17.2 Å². The van der Waals surface area contributed by atoms with Crippen molar-refractivity contribution in [2.75, 3.05) is 18.8 Å². The van der Waals surface area contributed by atoms with Gasteiger partial charge in [0, 0.05) is 11.3 Å². The van der Waals surface area contributed by atoms with Gasteiger partial charge >= 0.3 is 5.97 Å². The van der Waals surface area contributed by atoms with Gasteiger partial charge in [-0.3, -0.25) is 9.59 Å². The number of thioether (sulfide) groups is 1. The molecule has 1 amide bonds. The van der Waals surface area contributed by atoms with E-state index in [2.05, 4.69) is 0 Å². The normalized spacial score (nSPS) is 11.2. The Morgan fingerprint density at radius 3 is 2.33 bits per heavy atom. The summed E-state index contributed by atoms with van der Waals surface area (Å²) in [6, 6.07) is 9.77. The fourth-order valence-corrected chi connectivity index (χ4v) is 2.47. The van der Waals surface area contributed by atoms with Crippen LogP contribution in [0.25, 0.3) is 0 Å². The second-order valence-electron chi connectivity index (χ2n) is 5.85. The quantitative estimate of drug-likeness (QED) is 0.841. The van der Waals surface area contributed by atoms with Gasteiger partial charge in [0.05, 0.1) is 5.75 Å². The van der Waals surface area contributed by atoms with Crippen molar-refractivity contribution in [3.63, 3.8) is 0 Å².